The van der Waals surface area contributed by atoms with E-state index in [1.54, 1.807) is 27.9 Å². The molecule has 2 heterocycles. The molecule has 3 aromatic rings. The first-order chi connectivity index (χ1) is 12.0. The van der Waals surface area contributed by atoms with Crippen LogP contribution in [0.2, 0.25) is 5.02 Å². The van der Waals surface area contributed by atoms with Crippen molar-refractivity contribution in [2.24, 2.45) is 7.05 Å². The molecule has 0 bridgehead atoms. The van der Waals surface area contributed by atoms with Gasteiger partial charge in [0.2, 0.25) is 0 Å². The third-order valence-corrected chi connectivity index (χ3v) is 5.23. The van der Waals surface area contributed by atoms with E-state index < -0.39 is 11.2 Å². The molecule has 132 valence electrons. The molecule has 0 radical (unpaired) electrons. The van der Waals surface area contributed by atoms with Crippen LogP contribution in [-0.4, -0.2) is 19.1 Å². The average molecular weight is 379 g/mol. The third kappa shape index (κ3) is 3.67. The Kier molecular flexibility index (Phi) is 5.34. The number of nitrogens with one attached hydrogen (secondary N) is 1. The molecule has 2 aromatic heterocycles. The van der Waals surface area contributed by atoms with Crippen LogP contribution in [0.4, 0.5) is 0 Å². The first-order valence-electron chi connectivity index (χ1n) is 8.08. The highest BCUT2D eigenvalue weighted by Crippen LogP contribution is 2.25. The molecule has 3 rings (SSSR count). The van der Waals surface area contributed by atoms with E-state index in [-0.39, 0.29) is 0 Å². The van der Waals surface area contributed by atoms with Crippen molar-refractivity contribution < 1.29 is 0 Å². The zero-order valence-corrected chi connectivity index (χ0v) is 15.7. The molecule has 25 heavy (non-hydrogen) atoms. The molecule has 1 aromatic carbocycles. The van der Waals surface area contributed by atoms with E-state index in [4.69, 9.17) is 11.6 Å². The predicted octanol–water partition coefficient (Wildman–Crippen LogP) is 3.17. The largest absolute Gasteiger partial charge is 0.330 e. The van der Waals surface area contributed by atoms with Gasteiger partial charge in [-0.15, -0.1) is 11.8 Å². The standard InChI is InChI=1S/C17H19ClN4O2S/c1-3-4-8-22-15-14(16(23)20-17(22)24)21(2)13(19-15)10-25-12-7-5-6-11(18)9-12/h5-7,9H,3-4,8,10H2,1-2H3,(H,20,23,24). The van der Waals surface area contributed by atoms with Crippen molar-refractivity contribution in [3.63, 3.8) is 0 Å². The molecular weight excluding hydrogens is 360 g/mol. The summed E-state index contributed by atoms with van der Waals surface area (Å²) in [5.41, 5.74) is 0.0728. The highest BCUT2D eigenvalue weighted by atomic mass is 35.5. The summed E-state index contributed by atoms with van der Waals surface area (Å²) in [7, 11) is 1.80. The van der Waals surface area contributed by atoms with Crippen molar-refractivity contribution in [2.45, 2.75) is 37.0 Å². The fourth-order valence-corrected chi connectivity index (χ4v) is 3.84. The van der Waals surface area contributed by atoms with E-state index in [1.807, 2.05) is 24.3 Å². The number of aryl methyl sites for hydroxylation is 2. The minimum Gasteiger partial charge on any atom is -0.325 e. The van der Waals surface area contributed by atoms with Gasteiger partial charge in [-0.25, -0.2) is 9.78 Å². The lowest BCUT2D eigenvalue weighted by Crippen LogP contribution is -2.31. The van der Waals surface area contributed by atoms with Crippen LogP contribution >= 0.6 is 23.4 Å². The smallest absolute Gasteiger partial charge is 0.325 e. The predicted molar refractivity (Wildman–Crippen MR) is 102 cm³/mol. The molecule has 0 saturated heterocycles. The molecule has 1 N–H and O–H groups in total. The van der Waals surface area contributed by atoms with Crippen molar-refractivity contribution in [3.05, 3.63) is 56.0 Å². The molecular formula is C17H19ClN4O2S. The van der Waals surface area contributed by atoms with Crippen molar-refractivity contribution in [3.8, 4) is 0 Å². The minimum absolute atomic E-state index is 0.401. The van der Waals surface area contributed by atoms with Crippen LogP contribution < -0.4 is 11.2 Å². The van der Waals surface area contributed by atoms with Crippen LogP contribution in [0.25, 0.3) is 11.2 Å². The fourth-order valence-electron chi connectivity index (χ4n) is 2.65. The molecule has 0 saturated carbocycles. The molecule has 8 heteroatoms. The molecule has 0 amide bonds. The summed E-state index contributed by atoms with van der Waals surface area (Å²) >= 11 is 7.60. The van der Waals surface area contributed by atoms with Gasteiger partial charge in [0.1, 0.15) is 5.82 Å². The Morgan fingerprint density at radius 1 is 1.32 bits per heavy atom. The Morgan fingerprint density at radius 2 is 2.12 bits per heavy atom. The van der Waals surface area contributed by atoms with E-state index in [0.29, 0.717) is 28.5 Å². The van der Waals surface area contributed by atoms with E-state index in [1.165, 1.54) is 0 Å². The first kappa shape index (κ1) is 17.8. The Bertz CT molecular complexity index is 1020. The maximum atomic E-state index is 12.2. The quantitative estimate of drug-likeness (QED) is 0.668. The van der Waals surface area contributed by atoms with Gasteiger partial charge < -0.3 is 4.57 Å². The Balaban J connectivity index is 1.99. The van der Waals surface area contributed by atoms with Crippen molar-refractivity contribution in [1.29, 1.82) is 0 Å². The number of hydrogen-bond acceptors (Lipinski definition) is 4. The van der Waals surface area contributed by atoms with Crippen LogP contribution in [0.1, 0.15) is 25.6 Å². The number of hydrogen-bond donors (Lipinski definition) is 1. The molecule has 0 unspecified atom stereocenters. The zero-order valence-electron chi connectivity index (χ0n) is 14.1. The van der Waals surface area contributed by atoms with E-state index in [9.17, 15) is 9.59 Å². The van der Waals surface area contributed by atoms with Gasteiger partial charge in [0.25, 0.3) is 5.56 Å². The van der Waals surface area contributed by atoms with Crippen LogP contribution in [0, 0.1) is 0 Å². The van der Waals surface area contributed by atoms with Gasteiger partial charge in [-0.3, -0.25) is 14.3 Å². The second-order valence-corrected chi connectivity index (χ2v) is 7.25. The summed E-state index contributed by atoms with van der Waals surface area (Å²) in [6.45, 7) is 2.60. The third-order valence-electron chi connectivity index (χ3n) is 4.00. The highest BCUT2D eigenvalue weighted by Gasteiger charge is 2.16. The van der Waals surface area contributed by atoms with E-state index in [2.05, 4.69) is 16.9 Å². The average Bonchev–Trinajstić information content (AvgIpc) is 2.90. The summed E-state index contributed by atoms with van der Waals surface area (Å²) in [6, 6.07) is 7.58. The van der Waals surface area contributed by atoms with Crippen LogP contribution in [-0.2, 0) is 19.3 Å². The molecule has 0 aliphatic carbocycles. The molecule has 0 atom stereocenters. The Labute approximate surface area is 153 Å². The number of aromatic amines is 1. The monoisotopic (exact) mass is 378 g/mol. The van der Waals surface area contributed by atoms with Crippen LogP contribution in [0.5, 0.6) is 0 Å². The van der Waals surface area contributed by atoms with Gasteiger partial charge >= 0.3 is 5.69 Å². The number of thioether (sulfide) groups is 1. The Morgan fingerprint density at radius 3 is 2.84 bits per heavy atom. The lowest BCUT2D eigenvalue weighted by atomic mass is 10.3. The number of fused-ring (bicyclic) bond motifs is 1. The number of imidazole rings is 1. The second-order valence-electron chi connectivity index (χ2n) is 5.77. The van der Waals surface area contributed by atoms with Crippen LogP contribution in [0.3, 0.4) is 0 Å². The lowest BCUT2D eigenvalue weighted by molar-refractivity contribution is 0.613. The van der Waals surface area contributed by atoms with Gasteiger partial charge in [-0.05, 0) is 24.6 Å². The summed E-state index contributed by atoms with van der Waals surface area (Å²) < 4.78 is 3.31. The SMILES string of the molecule is CCCCn1c(=O)[nH]c(=O)c2c1nc(CSc1cccc(Cl)c1)n2C. The van der Waals surface area contributed by atoms with Gasteiger partial charge in [0.05, 0.1) is 5.75 Å². The first-order valence-corrected chi connectivity index (χ1v) is 9.44. The summed E-state index contributed by atoms with van der Waals surface area (Å²) in [6.07, 6.45) is 1.81. The molecule has 0 spiro atoms. The second kappa shape index (κ2) is 7.49. The summed E-state index contributed by atoms with van der Waals surface area (Å²) in [5.74, 6) is 1.31. The summed E-state index contributed by atoms with van der Waals surface area (Å²) in [4.78, 5) is 32.4. The number of aromatic nitrogens is 4. The number of halogens is 1. The van der Waals surface area contributed by atoms with Crippen molar-refractivity contribution >= 4 is 34.5 Å². The maximum absolute atomic E-state index is 12.2. The van der Waals surface area contributed by atoms with E-state index in [0.717, 1.165) is 23.6 Å². The molecule has 0 aliphatic rings. The fraction of sp³-hybridized carbons (Fsp3) is 0.353. The van der Waals surface area contributed by atoms with Crippen molar-refractivity contribution in [2.75, 3.05) is 0 Å². The maximum Gasteiger partial charge on any atom is 0.330 e. The van der Waals surface area contributed by atoms with Gasteiger partial charge in [0, 0.05) is 23.5 Å². The number of nitrogens with zero attached hydrogens (tertiary/aromatic N) is 3. The number of unbranched alkanes of at least 4 members (excludes halogenated alkanes) is 1. The Hall–Kier alpha value is -1.99. The van der Waals surface area contributed by atoms with Gasteiger partial charge in [-0.1, -0.05) is 31.0 Å². The molecule has 0 fully saturated rings. The van der Waals surface area contributed by atoms with Crippen LogP contribution in [0.15, 0.2) is 38.8 Å². The molecule has 0 aliphatic heterocycles. The summed E-state index contributed by atoms with van der Waals surface area (Å²) in [5, 5.41) is 0.680. The number of benzene rings is 1. The minimum atomic E-state index is -0.405. The van der Waals surface area contributed by atoms with E-state index >= 15 is 0 Å². The highest BCUT2D eigenvalue weighted by molar-refractivity contribution is 7.98. The van der Waals surface area contributed by atoms with Gasteiger partial charge in [0.15, 0.2) is 11.2 Å². The number of H-pyrrole nitrogens is 1. The molecule has 6 nitrogen and oxygen atoms in total. The zero-order chi connectivity index (χ0) is 18.0. The topological polar surface area (TPSA) is 72.7 Å². The van der Waals surface area contributed by atoms with Gasteiger partial charge in [-0.2, -0.15) is 0 Å². The normalized spacial score (nSPS) is 11.3. The lowest BCUT2D eigenvalue weighted by Gasteiger charge is -2.04. The van der Waals surface area contributed by atoms with Crippen molar-refractivity contribution in [1.82, 2.24) is 19.1 Å². The number of rotatable bonds is 6.